The zero-order valence-electron chi connectivity index (χ0n) is 15.5. The minimum absolute atomic E-state index is 0.0897. The van der Waals surface area contributed by atoms with Crippen LogP contribution in [0.25, 0.3) is 11.3 Å². The van der Waals surface area contributed by atoms with Gasteiger partial charge in [0.2, 0.25) is 5.91 Å². The fourth-order valence-corrected chi connectivity index (χ4v) is 2.93. The van der Waals surface area contributed by atoms with Gasteiger partial charge >= 0.3 is 11.8 Å². The quantitative estimate of drug-likeness (QED) is 0.815. The lowest BCUT2D eigenvalue weighted by Gasteiger charge is -2.34. The van der Waals surface area contributed by atoms with Crippen molar-refractivity contribution in [2.45, 2.75) is 20.4 Å². The highest BCUT2D eigenvalue weighted by atomic mass is 16.6. The highest BCUT2D eigenvalue weighted by molar-refractivity contribution is 5.76. The highest BCUT2D eigenvalue weighted by Crippen LogP contribution is 2.18. The van der Waals surface area contributed by atoms with Crippen LogP contribution < -0.4 is 5.76 Å². The number of rotatable bonds is 4. The summed E-state index contributed by atoms with van der Waals surface area (Å²) in [4.78, 5) is 39.5. The van der Waals surface area contributed by atoms with E-state index in [1.54, 1.807) is 22.9 Å². The Hall–Kier alpha value is -3.03. The van der Waals surface area contributed by atoms with Crippen molar-refractivity contribution >= 4 is 12.0 Å². The molecule has 2 aromatic rings. The zero-order valence-corrected chi connectivity index (χ0v) is 15.5. The van der Waals surface area contributed by atoms with Gasteiger partial charge in [-0.15, -0.1) is 0 Å². The second-order valence-corrected chi connectivity index (χ2v) is 6.42. The smallest absolute Gasteiger partial charge is 0.419 e. The normalized spacial score (nSPS) is 14.3. The molecule has 0 N–H and O–H groups in total. The Balaban J connectivity index is 1.61. The van der Waals surface area contributed by atoms with Gasteiger partial charge in [0.05, 0.1) is 12.8 Å². The fourth-order valence-electron chi connectivity index (χ4n) is 2.93. The van der Waals surface area contributed by atoms with Gasteiger partial charge in [-0.25, -0.2) is 9.59 Å². The number of piperazine rings is 1. The second kappa shape index (κ2) is 8.11. The number of benzene rings is 1. The molecular weight excluding hydrogens is 350 g/mol. The minimum atomic E-state index is -0.566. The molecule has 1 aliphatic rings. The molecule has 2 heterocycles. The van der Waals surface area contributed by atoms with E-state index in [9.17, 15) is 14.4 Å². The van der Waals surface area contributed by atoms with Crippen molar-refractivity contribution in [3.63, 3.8) is 0 Å². The monoisotopic (exact) mass is 373 g/mol. The van der Waals surface area contributed by atoms with Crippen LogP contribution >= 0.6 is 0 Å². The summed E-state index contributed by atoms with van der Waals surface area (Å²) in [5.41, 5.74) is 1.89. The number of aromatic nitrogens is 1. The molecule has 1 aromatic carbocycles. The van der Waals surface area contributed by atoms with Crippen LogP contribution in [-0.2, 0) is 16.1 Å². The molecule has 144 valence electrons. The lowest BCUT2D eigenvalue weighted by Crippen LogP contribution is -2.51. The minimum Gasteiger partial charge on any atom is -0.450 e. The topological polar surface area (TPSA) is 85.0 Å². The van der Waals surface area contributed by atoms with E-state index in [1.165, 1.54) is 4.57 Å². The van der Waals surface area contributed by atoms with E-state index in [4.69, 9.17) is 9.15 Å². The summed E-state index contributed by atoms with van der Waals surface area (Å²) < 4.78 is 11.5. The summed E-state index contributed by atoms with van der Waals surface area (Å²) >= 11 is 0. The molecule has 0 bridgehead atoms. The Labute approximate surface area is 156 Å². The molecule has 1 aliphatic heterocycles. The van der Waals surface area contributed by atoms with Gasteiger partial charge in [-0.05, 0) is 13.8 Å². The van der Waals surface area contributed by atoms with Crippen LogP contribution in [0.3, 0.4) is 0 Å². The van der Waals surface area contributed by atoms with Gasteiger partial charge in [-0.3, -0.25) is 9.36 Å². The first-order valence-electron chi connectivity index (χ1n) is 8.94. The van der Waals surface area contributed by atoms with Gasteiger partial charge in [0.25, 0.3) is 0 Å². The summed E-state index contributed by atoms with van der Waals surface area (Å²) in [5.74, 6) is -0.319. The van der Waals surface area contributed by atoms with Crippen molar-refractivity contribution in [3.05, 3.63) is 46.6 Å². The molecule has 1 fully saturated rings. The molecule has 2 amide bonds. The van der Waals surface area contributed by atoms with Crippen molar-refractivity contribution in [2.24, 2.45) is 0 Å². The molecule has 0 saturated carbocycles. The van der Waals surface area contributed by atoms with Crippen LogP contribution in [0, 0.1) is 6.92 Å². The lowest BCUT2D eigenvalue weighted by atomic mass is 10.1. The SMILES string of the molecule is CCOC(=O)N1CCN(C(=O)Cn2cc(-c3ccc(C)cc3)oc2=O)CC1. The third kappa shape index (κ3) is 4.39. The van der Waals surface area contributed by atoms with E-state index in [2.05, 4.69) is 0 Å². The number of nitrogens with zero attached hydrogens (tertiary/aromatic N) is 3. The van der Waals surface area contributed by atoms with E-state index in [1.807, 2.05) is 31.2 Å². The van der Waals surface area contributed by atoms with Gasteiger partial charge in [0.15, 0.2) is 5.76 Å². The maximum atomic E-state index is 12.5. The van der Waals surface area contributed by atoms with Crippen LogP contribution in [0.4, 0.5) is 4.79 Å². The predicted octanol–water partition coefficient (Wildman–Crippen LogP) is 1.72. The van der Waals surface area contributed by atoms with Crippen LogP contribution in [-0.4, -0.2) is 59.2 Å². The van der Waals surface area contributed by atoms with Crippen molar-refractivity contribution in [2.75, 3.05) is 32.8 Å². The molecule has 1 aromatic heterocycles. The number of amides is 2. The highest BCUT2D eigenvalue weighted by Gasteiger charge is 2.25. The first-order valence-corrected chi connectivity index (χ1v) is 8.94. The Kier molecular flexibility index (Phi) is 5.63. The fraction of sp³-hybridized carbons (Fsp3) is 0.421. The average molecular weight is 373 g/mol. The van der Waals surface area contributed by atoms with Crippen molar-refractivity contribution in [1.29, 1.82) is 0 Å². The van der Waals surface area contributed by atoms with Gasteiger partial charge in [-0.2, -0.15) is 0 Å². The maximum absolute atomic E-state index is 12.5. The van der Waals surface area contributed by atoms with Crippen LogP contribution in [0.1, 0.15) is 12.5 Å². The van der Waals surface area contributed by atoms with E-state index in [0.717, 1.165) is 11.1 Å². The summed E-state index contributed by atoms with van der Waals surface area (Å²) in [6.45, 7) is 5.62. The largest absolute Gasteiger partial charge is 0.450 e. The first kappa shape index (κ1) is 18.8. The van der Waals surface area contributed by atoms with E-state index in [-0.39, 0.29) is 18.5 Å². The van der Waals surface area contributed by atoms with Crippen molar-refractivity contribution in [3.8, 4) is 11.3 Å². The Morgan fingerprint density at radius 2 is 1.70 bits per heavy atom. The molecule has 27 heavy (non-hydrogen) atoms. The number of carbonyl (C=O) groups is 2. The summed E-state index contributed by atoms with van der Waals surface area (Å²) in [6, 6.07) is 7.60. The maximum Gasteiger partial charge on any atom is 0.419 e. The zero-order chi connectivity index (χ0) is 19.4. The van der Waals surface area contributed by atoms with Gasteiger partial charge in [0.1, 0.15) is 6.54 Å². The standard InChI is InChI=1S/C19H23N3O5/c1-3-26-18(24)21-10-8-20(9-11-21)17(23)13-22-12-16(27-19(22)25)15-6-4-14(2)5-7-15/h4-7,12H,3,8-11,13H2,1-2H3. The number of hydrogen-bond acceptors (Lipinski definition) is 5. The number of carbonyl (C=O) groups excluding carboxylic acids is 2. The molecule has 0 aliphatic carbocycles. The molecule has 0 unspecified atom stereocenters. The summed E-state index contributed by atoms with van der Waals surface area (Å²) in [5, 5.41) is 0. The van der Waals surface area contributed by atoms with E-state index in [0.29, 0.717) is 38.5 Å². The third-order valence-corrected chi connectivity index (χ3v) is 4.50. The average Bonchev–Trinajstić information content (AvgIpc) is 3.03. The van der Waals surface area contributed by atoms with Gasteiger partial charge in [-0.1, -0.05) is 29.8 Å². The number of ether oxygens (including phenoxy) is 1. The Morgan fingerprint density at radius 1 is 1.07 bits per heavy atom. The number of hydrogen-bond donors (Lipinski definition) is 0. The van der Waals surface area contributed by atoms with Crippen LogP contribution in [0.15, 0.2) is 39.7 Å². The van der Waals surface area contributed by atoms with Gasteiger partial charge in [0, 0.05) is 31.7 Å². The molecule has 0 spiro atoms. The number of oxazole rings is 1. The van der Waals surface area contributed by atoms with Crippen LogP contribution in [0.5, 0.6) is 0 Å². The number of aryl methyl sites for hydroxylation is 1. The molecule has 8 nitrogen and oxygen atoms in total. The molecule has 0 atom stereocenters. The molecule has 8 heteroatoms. The second-order valence-electron chi connectivity index (χ2n) is 6.42. The summed E-state index contributed by atoms with van der Waals surface area (Å²) in [7, 11) is 0. The third-order valence-electron chi connectivity index (χ3n) is 4.50. The molecule has 1 saturated heterocycles. The van der Waals surface area contributed by atoms with Crippen LogP contribution in [0.2, 0.25) is 0 Å². The first-order chi connectivity index (χ1) is 13.0. The Bertz CT molecular complexity index is 860. The molecular formula is C19H23N3O5. The van der Waals surface area contributed by atoms with Gasteiger partial charge < -0.3 is 19.0 Å². The summed E-state index contributed by atoms with van der Waals surface area (Å²) in [6.07, 6.45) is 1.19. The Morgan fingerprint density at radius 3 is 2.33 bits per heavy atom. The van der Waals surface area contributed by atoms with E-state index >= 15 is 0 Å². The molecule has 3 rings (SSSR count). The van der Waals surface area contributed by atoms with E-state index < -0.39 is 5.76 Å². The van der Waals surface area contributed by atoms with Crippen molar-refractivity contribution in [1.82, 2.24) is 14.4 Å². The van der Waals surface area contributed by atoms with Crippen molar-refractivity contribution < 1.29 is 18.7 Å². The molecule has 0 radical (unpaired) electrons. The lowest BCUT2D eigenvalue weighted by molar-refractivity contribution is -0.133. The predicted molar refractivity (Wildman–Crippen MR) is 98.3 cm³/mol.